The largest absolute Gasteiger partial charge is 0.384 e. The molecule has 0 spiro atoms. The third-order valence-electron chi connectivity index (χ3n) is 2.84. The number of halogens is 2. The molecule has 2 rings (SSSR count). The smallest absolute Gasteiger partial charge is 0.253 e. The molecule has 6 heteroatoms. The summed E-state index contributed by atoms with van der Waals surface area (Å²) in [7, 11) is 0. The van der Waals surface area contributed by atoms with Gasteiger partial charge in [0, 0.05) is 32.0 Å². The maximum atomic E-state index is 12.3. The highest BCUT2D eigenvalue weighted by molar-refractivity contribution is 9.10. The molecule has 0 radical (unpaired) electrons. The van der Waals surface area contributed by atoms with Gasteiger partial charge in [-0.25, -0.2) is 0 Å². The molecule has 0 bridgehead atoms. The van der Waals surface area contributed by atoms with Crippen molar-refractivity contribution in [2.45, 2.75) is 19.9 Å². The molecule has 1 heterocycles. The molecular formula is C15H16BrClN2OS. The maximum Gasteiger partial charge on any atom is 0.253 e. The topological polar surface area (TPSA) is 41.1 Å². The van der Waals surface area contributed by atoms with Crippen molar-refractivity contribution in [1.82, 2.24) is 5.32 Å². The van der Waals surface area contributed by atoms with Gasteiger partial charge in [-0.2, -0.15) is 0 Å². The predicted octanol–water partition coefficient (Wildman–Crippen LogP) is 4.92. The highest BCUT2D eigenvalue weighted by Crippen LogP contribution is 2.22. The van der Waals surface area contributed by atoms with Gasteiger partial charge < -0.3 is 10.6 Å². The lowest BCUT2D eigenvalue weighted by Gasteiger charge is -2.12. The number of nitrogens with one attached hydrogen (secondary N) is 2. The molecule has 0 saturated heterocycles. The van der Waals surface area contributed by atoms with Crippen molar-refractivity contribution in [2.75, 3.05) is 11.9 Å². The Balaban J connectivity index is 2.08. The van der Waals surface area contributed by atoms with Crippen LogP contribution in [0.15, 0.2) is 34.1 Å². The molecule has 0 fully saturated rings. The Labute approximate surface area is 141 Å². The first-order chi connectivity index (χ1) is 10.1. The van der Waals surface area contributed by atoms with E-state index in [0.717, 1.165) is 28.0 Å². The van der Waals surface area contributed by atoms with Gasteiger partial charge in [-0.3, -0.25) is 4.79 Å². The number of carbonyl (C=O) groups is 1. The van der Waals surface area contributed by atoms with Gasteiger partial charge in [0.05, 0.1) is 12.1 Å². The van der Waals surface area contributed by atoms with Crippen LogP contribution in [0.1, 0.15) is 28.6 Å². The zero-order chi connectivity index (χ0) is 15.2. The molecule has 112 valence electrons. The van der Waals surface area contributed by atoms with E-state index >= 15 is 0 Å². The fourth-order valence-corrected chi connectivity index (χ4v) is 3.39. The Hall–Kier alpha value is -1.04. The first-order valence-electron chi connectivity index (χ1n) is 6.64. The second-order valence-electron chi connectivity index (χ2n) is 4.53. The first-order valence-corrected chi connectivity index (χ1v) is 8.69. The summed E-state index contributed by atoms with van der Waals surface area (Å²) in [5, 5.41) is 8.73. The number of rotatable bonds is 6. The van der Waals surface area contributed by atoms with Crippen molar-refractivity contribution < 1.29 is 4.79 Å². The molecule has 0 saturated carbocycles. The van der Waals surface area contributed by atoms with E-state index in [4.69, 9.17) is 11.6 Å². The number of thiophene rings is 1. The predicted molar refractivity (Wildman–Crippen MR) is 93.4 cm³/mol. The average molecular weight is 388 g/mol. The highest BCUT2D eigenvalue weighted by Gasteiger charge is 2.12. The van der Waals surface area contributed by atoms with Crippen LogP contribution in [-0.4, -0.2) is 12.5 Å². The van der Waals surface area contributed by atoms with E-state index in [1.54, 1.807) is 23.5 Å². The third kappa shape index (κ3) is 4.73. The summed E-state index contributed by atoms with van der Waals surface area (Å²) in [5.41, 5.74) is 1.39. The van der Waals surface area contributed by atoms with Gasteiger partial charge in [0.15, 0.2) is 0 Å². The van der Waals surface area contributed by atoms with E-state index in [2.05, 4.69) is 33.5 Å². The van der Waals surface area contributed by atoms with E-state index in [1.165, 1.54) is 0 Å². The normalized spacial score (nSPS) is 10.4. The van der Waals surface area contributed by atoms with Gasteiger partial charge in [0.2, 0.25) is 0 Å². The van der Waals surface area contributed by atoms with Crippen LogP contribution in [0.4, 0.5) is 5.69 Å². The fourth-order valence-electron chi connectivity index (χ4n) is 1.83. The van der Waals surface area contributed by atoms with Gasteiger partial charge in [0.1, 0.15) is 0 Å². The molecule has 21 heavy (non-hydrogen) atoms. The summed E-state index contributed by atoms with van der Waals surface area (Å²) >= 11 is 11.0. The molecule has 2 N–H and O–H groups in total. The Kier molecular flexibility index (Phi) is 6.08. The number of hydrogen-bond donors (Lipinski definition) is 2. The van der Waals surface area contributed by atoms with Crippen molar-refractivity contribution in [1.29, 1.82) is 0 Å². The van der Waals surface area contributed by atoms with Crippen LogP contribution in [0.3, 0.4) is 0 Å². The highest BCUT2D eigenvalue weighted by atomic mass is 79.9. The number of anilines is 1. The van der Waals surface area contributed by atoms with Crippen LogP contribution in [0, 0.1) is 0 Å². The Morgan fingerprint density at radius 3 is 2.86 bits per heavy atom. The summed E-state index contributed by atoms with van der Waals surface area (Å²) < 4.78 is 1.03. The van der Waals surface area contributed by atoms with Crippen molar-refractivity contribution in [3.63, 3.8) is 0 Å². The maximum absolute atomic E-state index is 12.3. The zero-order valence-electron chi connectivity index (χ0n) is 11.6. The van der Waals surface area contributed by atoms with Gasteiger partial charge in [0.25, 0.3) is 5.91 Å². The van der Waals surface area contributed by atoms with E-state index in [0.29, 0.717) is 17.1 Å². The molecular weight excluding hydrogens is 372 g/mol. The number of amides is 1. The second kappa shape index (κ2) is 7.82. The Bertz CT molecular complexity index is 630. The minimum Gasteiger partial charge on any atom is -0.384 e. The van der Waals surface area contributed by atoms with Crippen molar-refractivity contribution >= 4 is 50.5 Å². The third-order valence-corrected chi connectivity index (χ3v) is 4.77. The van der Waals surface area contributed by atoms with Gasteiger partial charge in [-0.05, 0) is 46.6 Å². The Morgan fingerprint density at radius 2 is 2.19 bits per heavy atom. The molecule has 2 aromatic rings. The molecule has 1 amide bonds. The molecule has 0 aliphatic rings. The van der Waals surface area contributed by atoms with Crippen molar-refractivity contribution in [3.05, 3.63) is 49.6 Å². The van der Waals surface area contributed by atoms with E-state index in [9.17, 15) is 4.79 Å². The van der Waals surface area contributed by atoms with Crippen LogP contribution in [0.5, 0.6) is 0 Å². The zero-order valence-corrected chi connectivity index (χ0v) is 14.7. The lowest BCUT2D eigenvalue weighted by atomic mass is 10.1. The van der Waals surface area contributed by atoms with Gasteiger partial charge in [-0.15, -0.1) is 11.3 Å². The molecule has 0 aliphatic carbocycles. The van der Waals surface area contributed by atoms with Gasteiger partial charge in [-0.1, -0.05) is 18.5 Å². The minimum absolute atomic E-state index is 0.124. The summed E-state index contributed by atoms with van der Waals surface area (Å²) in [6, 6.07) is 7.32. The summed E-state index contributed by atoms with van der Waals surface area (Å²) in [4.78, 5) is 13.4. The van der Waals surface area contributed by atoms with Crippen LogP contribution in [0.2, 0.25) is 5.02 Å². The van der Waals surface area contributed by atoms with E-state index in [1.807, 2.05) is 17.5 Å². The van der Waals surface area contributed by atoms with Crippen LogP contribution in [-0.2, 0) is 6.54 Å². The second-order valence-corrected chi connectivity index (χ2v) is 6.88. The molecule has 0 atom stereocenters. The van der Waals surface area contributed by atoms with Crippen LogP contribution < -0.4 is 10.6 Å². The van der Waals surface area contributed by atoms with Crippen LogP contribution in [0.25, 0.3) is 0 Å². The average Bonchev–Trinajstić information content (AvgIpc) is 2.89. The quantitative estimate of drug-likeness (QED) is 0.739. The Morgan fingerprint density at radius 1 is 1.38 bits per heavy atom. The summed E-state index contributed by atoms with van der Waals surface area (Å²) in [6.07, 6.45) is 0.993. The monoisotopic (exact) mass is 386 g/mol. The summed E-state index contributed by atoms with van der Waals surface area (Å²) in [5.74, 6) is -0.124. The molecule has 0 unspecified atom stereocenters. The summed E-state index contributed by atoms with van der Waals surface area (Å²) in [6.45, 7) is 3.41. The van der Waals surface area contributed by atoms with Crippen LogP contribution >= 0.6 is 38.9 Å². The first kappa shape index (κ1) is 16.3. The van der Waals surface area contributed by atoms with Gasteiger partial charge >= 0.3 is 0 Å². The fraction of sp³-hybridized carbons (Fsp3) is 0.267. The molecule has 0 aliphatic heterocycles. The SMILES string of the molecule is CCCNc1ccc(Cl)cc1C(=O)NCc1cc(Br)cs1. The molecule has 3 nitrogen and oxygen atoms in total. The van der Waals surface area contributed by atoms with E-state index < -0.39 is 0 Å². The molecule has 1 aromatic heterocycles. The van der Waals surface area contributed by atoms with E-state index in [-0.39, 0.29) is 5.91 Å². The van der Waals surface area contributed by atoms with Crippen molar-refractivity contribution in [3.8, 4) is 0 Å². The molecule has 1 aromatic carbocycles. The van der Waals surface area contributed by atoms with Crippen molar-refractivity contribution in [2.24, 2.45) is 0 Å². The minimum atomic E-state index is -0.124. The lowest BCUT2D eigenvalue weighted by molar-refractivity contribution is 0.0952. The lowest BCUT2D eigenvalue weighted by Crippen LogP contribution is -2.23. The number of benzene rings is 1. The standard InChI is InChI=1S/C15H16BrClN2OS/c1-2-5-18-14-4-3-11(17)7-13(14)15(20)19-8-12-6-10(16)9-21-12/h3-4,6-7,9,18H,2,5,8H2,1H3,(H,19,20). The number of hydrogen-bond acceptors (Lipinski definition) is 3. The number of carbonyl (C=O) groups excluding carboxylic acids is 1.